The van der Waals surface area contributed by atoms with Crippen molar-refractivity contribution >= 4 is 5.82 Å². The van der Waals surface area contributed by atoms with Crippen LogP contribution in [0.5, 0.6) is 0 Å². The minimum Gasteiger partial charge on any atom is -0.374 e. The van der Waals surface area contributed by atoms with Crippen LogP contribution in [0.3, 0.4) is 0 Å². The molecule has 1 aliphatic heterocycles. The molecule has 118 valence electrons. The van der Waals surface area contributed by atoms with Gasteiger partial charge in [-0.25, -0.2) is 4.98 Å². The van der Waals surface area contributed by atoms with E-state index in [4.69, 9.17) is 4.74 Å². The molecule has 2 aromatic rings. The zero-order valence-corrected chi connectivity index (χ0v) is 12.9. The van der Waals surface area contributed by atoms with Gasteiger partial charge in [-0.1, -0.05) is 0 Å². The molecular weight excluding hydrogens is 280 g/mol. The molecule has 1 fully saturated rings. The Bertz CT molecular complexity index is 572. The average Bonchev–Trinajstić information content (AvgIpc) is 3.01. The molecule has 7 heteroatoms. The van der Waals surface area contributed by atoms with Crippen molar-refractivity contribution in [3.8, 4) is 0 Å². The van der Waals surface area contributed by atoms with E-state index in [1.807, 2.05) is 24.5 Å². The molecule has 0 aromatic carbocycles. The van der Waals surface area contributed by atoms with E-state index < -0.39 is 0 Å². The molecule has 3 rings (SSSR count). The SMILES string of the molecule is CCn1ccnc1CN1CCO[C@H](CNc2cccnn2)C1. The third kappa shape index (κ3) is 3.80. The fraction of sp³-hybridized carbons (Fsp3) is 0.533. The van der Waals surface area contributed by atoms with Gasteiger partial charge in [0.05, 0.1) is 19.3 Å². The van der Waals surface area contributed by atoms with Crippen molar-refractivity contribution < 1.29 is 4.74 Å². The molecule has 1 aliphatic rings. The Morgan fingerprint density at radius 3 is 3.18 bits per heavy atom. The van der Waals surface area contributed by atoms with Crippen molar-refractivity contribution in [2.75, 3.05) is 31.6 Å². The minimum absolute atomic E-state index is 0.154. The summed E-state index contributed by atoms with van der Waals surface area (Å²) in [6, 6.07) is 3.78. The van der Waals surface area contributed by atoms with E-state index in [0.717, 1.165) is 51.0 Å². The second kappa shape index (κ2) is 7.33. The van der Waals surface area contributed by atoms with Crippen molar-refractivity contribution in [3.05, 3.63) is 36.5 Å². The lowest BCUT2D eigenvalue weighted by Crippen LogP contribution is -2.45. The van der Waals surface area contributed by atoms with Gasteiger partial charge in [-0.3, -0.25) is 4.90 Å². The first kappa shape index (κ1) is 14.9. The van der Waals surface area contributed by atoms with Crippen LogP contribution < -0.4 is 5.32 Å². The lowest BCUT2D eigenvalue weighted by molar-refractivity contribution is -0.0251. The van der Waals surface area contributed by atoms with Gasteiger partial charge in [0.15, 0.2) is 0 Å². The molecule has 1 atom stereocenters. The molecule has 22 heavy (non-hydrogen) atoms. The van der Waals surface area contributed by atoms with Crippen LogP contribution in [0.15, 0.2) is 30.7 Å². The van der Waals surface area contributed by atoms with Crippen LogP contribution in [-0.4, -0.2) is 57.0 Å². The smallest absolute Gasteiger partial charge is 0.148 e. The summed E-state index contributed by atoms with van der Waals surface area (Å²) in [7, 11) is 0. The molecular formula is C15H22N6O. The maximum absolute atomic E-state index is 5.83. The Morgan fingerprint density at radius 2 is 2.36 bits per heavy atom. The first-order valence-corrected chi connectivity index (χ1v) is 7.70. The van der Waals surface area contributed by atoms with E-state index in [0.29, 0.717) is 0 Å². The summed E-state index contributed by atoms with van der Waals surface area (Å²) in [5, 5.41) is 11.1. The van der Waals surface area contributed by atoms with Crippen LogP contribution in [0.2, 0.25) is 0 Å². The van der Waals surface area contributed by atoms with Gasteiger partial charge in [0, 0.05) is 44.8 Å². The van der Waals surface area contributed by atoms with Crippen LogP contribution in [-0.2, 0) is 17.8 Å². The van der Waals surface area contributed by atoms with E-state index in [1.165, 1.54) is 0 Å². The number of nitrogens with one attached hydrogen (secondary N) is 1. The highest BCUT2D eigenvalue weighted by molar-refractivity contribution is 5.31. The number of aryl methyl sites for hydroxylation is 1. The summed E-state index contributed by atoms with van der Waals surface area (Å²) in [5.41, 5.74) is 0. The number of nitrogens with zero attached hydrogens (tertiary/aromatic N) is 5. The highest BCUT2D eigenvalue weighted by Gasteiger charge is 2.21. The summed E-state index contributed by atoms with van der Waals surface area (Å²) in [6.45, 7) is 7.28. The highest BCUT2D eigenvalue weighted by atomic mass is 16.5. The quantitative estimate of drug-likeness (QED) is 0.859. The van der Waals surface area contributed by atoms with Crippen LogP contribution in [0, 0.1) is 0 Å². The zero-order chi connectivity index (χ0) is 15.2. The summed E-state index contributed by atoms with van der Waals surface area (Å²) < 4.78 is 8.01. The topological polar surface area (TPSA) is 68.1 Å². The lowest BCUT2D eigenvalue weighted by atomic mass is 10.2. The van der Waals surface area contributed by atoms with Gasteiger partial charge in [-0.05, 0) is 19.1 Å². The Morgan fingerprint density at radius 1 is 1.41 bits per heavy atom. The molecule has 0 spiro atoms. The largest absolute Gasteiger partial charge is 0.374 e. The van der Waals surface area contributed by atoms with E-state index in [-0.39, 0.29) is 6.10 Å². The molecule has 0 amide bonds. The molecule has 0 radical (unpaired) electrons. The number of hydrogen-bond donors (Lipinski definition) is 1. The molecule has 1 saturated heterocycles. The number of anilines is 1. The van der Waals surface area contributed by atoms with Gasteiger partial charge < -0.3 is 14.6 Å². The predicted molar refractivity (Wildman–Crippen MR) is 83.4 cm³/mol. The van der Waals surface area contributed by atoms with Crippen LogP contribution in [0.1, 0.15) is 12.7 Å². The number of ether oxygens (including phenoxy) is 1. The molecule has 1 N–H and O–H groups in total. The number of imidazole rings is 1. The number of hydrogen-bond acceptors (Lipinski definition) is 6. The normalized spacial score (nSPS) is 19.2. The van der Waals surface area contributed by atoms with Crippen molar-refractivity contribution in [2.24, 2.45) is 0 Å². The van der Waals surface area contributed by atoms with Crippen molar-refractivity contribution in [1.82, 2.24) is 24.6 Å². The minimum atomic E-state index is 0.154. The summed E-state index contributed by atoms with van der Waals surface area (Å²) >= 11 is 0. The molecule has 0 saturated carbocycles. The van der Waals surface area contributed by atoms with Crippen LogP contribution in [0.25, 0.3) is 0 Å². The zero-order valence-electron chi connectivity index (χ0n) is 12.9. The standard InChI is InChI=1S/C15H22N6O/c1-2-21-7-6-16-15(21)12-20-8-9-22-13(11-20)10-17-14-4-3-5-18-19-14/h3-7,13H,2,8-12H2,1H3,(H,17,19)/t13-/m1/s1. The Hall–Kier alpha value is -1.99. The van der Waals surface area contributed by atoms with Crippen molar-refractivity contribution in [3.63, 3.8) is 0 Å². The second-order valence-corrected chi connectivity index (χ2v) is 5.35. The van der Waals surface area contributed by atoms with Crippen LogP contribution >= 0.6 is 0 Å². The van der Waals surface area contributed by atoms with E-state index >= 15 is 0 Å². The van der Waals surface area contributed by atoms with Crippen LogP contribution in [0.4, 0.5) is 5.82 Å². The lowest BCUT2D eigenvalue weighted by Gasteiger charge is -2.32. The number of morpholine rings is 1. The number of aromatic nitrogens is 4. The van der Waals surface area contributed by atoms with Crippen molar-refractivity contribution in [2.45, 2.75) is 26.1 Å². The van der Waals surface area contributed by atoms with Gasteiger partial charge in [0.1, 0.15) is 11.6 Å². The molecule has 7 nitrogen and oxygen atoms in total. The molecule has 0 bridgehead atoms. The summed E-state index contributed by atoms with van der Waals surface area (Å²) in [6.07, 6.45) is 5.72. The average molecular weight is 302 g/mol. The first-order chi connectivity index (χ1) is 10.8. The Labute approximate surface area is 130 Å². The van der Waals surface area contributed by atoms with E-state index in [2.05, 4.69) is 36.9 Å². The van der Waals surface area contributed by atoms with Crippen molar-refractivity contribution in [1.29, 1.82) is 0 Å². The molecule has 3 heterocycles. The predicted octanol–water partition coefficient (Wildman–Crippen LogP) is 1.01. The number of rotatable bonds is 6. The Balaban J connectivity index is 1.51. The first-order valence-electron chi connectivity index (χ1n) is 7.70. The van der Waals surface area contributed by atoms with E-state index in [1.54, 1.807) is 6.20 Å². The van der Waals surface area contributed by atoms with Gasteiger partial charge >= 0.3 is 0 Å². The second-order valence-electron chi connectivity index (χ2n) is 5.35. The summed E-state index contributed by atoms with van der Waals surface area (Å²) in [5.74, 6) is 1.90. The fourth-order valence-electron chi connectivity index (χ4n) is 2.64. The highest BCUT2D eigenvalue weighted by Crippen LogP contribution is 2.10. The van der Waals surface area contributed by atoms with Gasteiger partial charge in [-0.2, -0.15) is 5.10 Å². The molecule has 2 aromatic heterocycles. The van der Waals surface area contributed by atoms with Gasteiger partial charge in [0.2, 0.25) is 0 Å². The third-order valence-electron chi connectivity index (χ3n) is 3.81. The summed E-state index contributed by atoms with van der Waals surface area (Å²) in [4.78, 5) is 6.84. The maximum Gasteiger partial charge on any atom is 0.148 e. The van der Waals surface area contributed by atoms with Gasteiger partial charge in [0.25, 0.3) is 0 Å². The molecule has 0 aliphatic carbocycles. The fourth-order valence-corrected chi connectivity index (χ4v) is 2.64. The molecule has 0 unspecified atom stereocenters. The van der Waals surface area contributed by atoms with E-state index in [9.17, 15) is 0 Å². The third-order valence-corrected chi connectivity index (χ3v) is 3.81. The van der Waals surface area contributed by atoms with Gasteiger partial charge in [-0.15, -0.1) is 5.10 Å². The monoisotopic (exact) mass is 302 g/mol. The Kier molecular flexibility index (Phi) is 4.97. The maximum atomic E-state index is 5.83.